The average Bonchev–Trinajstić information content (AvgIpc) is 3.81. The van der Waals surface area contributed by atoms with Crippen LogP contribution in [0.2, 0.25) is 0 Å². The highest BCUT2D eigenvalue weighted by molar-refractivity contribution is 8.00. The predicted molar refractivity (Wildman–Crippen MR) is 166 cm³/mol. The highest BCUT2D eigenvalue weighted by atomic mass is 32.2. The number of methoxy groups -OCH3 is 2. The zero-order valence-corrected chi connectivity index (χ0v) is 26.7. The highest BCUT2D eigenvalue weighted by Gasteiger charge is 2.66. The predicted octanol–water partition coefficient (Wildman–Crippen LogP) is 2.14. The van der Waals surface area contributed by atoms with Crippen molar-refractivity contribution < 1.29 is 38.2 Å². The van der Waals surface area contributed by atoms with Gasteiger partial charge in [0.15, 0.2) is 5.37 Å². The number of carbonyl (C=O) groups excluding carboxylic acids is 5. The third-order valence-corrected chi connectivity index (χ3v) is 11.5. The van der Waals surface area contributed by atoms with E-state index in [1.54, 1.807) is 6.08 Å². The molecule has 2 aromatic heterocycles. The maximum Gasteiger partial charge on any atom is 0.355 e. The number of carbonyl (C=O) groups is 5. The lowest BCUT2D eigenvalue weighted by Gasteiger charge is -2.55. The number of thiophene rings is 2. The van der Waals surface area contributed by atoms with Crippen molar-refractivity contribution in [3.63, 3.8) is 0 Å². The minimum atomic E-state index is -1.67. The molecule has 230 valence electrons. The Balaban J connectivity index is 1.28. The van der Waals surface area contributed by atoms with Crippen LogP contribution in [0, 0.1) is 0 Å². The number of cyclic esters (lactones) is 1. The normalized spacial score (nSPS) is 24.7. The summed E-state index contributed by atoms with van der Waals surface area (Å²) in [6, 6.07) is 7.31. The van der Waals surface area contributed by atoms with Crippen molar-refractivity contribution in [3.05, 3.63) is 67.8 Å². The van der Waals surface area contributed by atoms with E-state index in [1.807, 2.05) is 35.0 Å². The summed E-state index contributed by atoms with van der Waals surface area (Å²) in [4.78, 5) is 75.0. The number of nitrogens with one attached hydrogen (secondary N) is 1. The van der Waals surface area contributed by atoms with Gasteiger partial charge in [-0.2, -0.15) is 4.99 Å². The fourth-order valence-electron chi connectivity index (χ4n) is 5.24. The summed E-state index contributed by atoms with van der Waals surface area (Å²) >= 11 is 5.42. The summed E-state index contributed by atoms with van der Waals surface area (Å²) in [7, 11) is 2.67. The lowest BCUT2D eigenvalue weighted by molar-refractivity contribution is -0.191. The number of rotatable bonds is 8. The van der Waals surface area contributed by atoms with Crippen LogP contribution in [0.25, 0.3) is 0 Å². The van der Waals surface area contributed by atoms with Gasteiger partial charge in [-0.15, -0.1) is 46.2 Å². The molecule has 1 N–H and O–H groups in total. The van der Waals surface area contributed by atoms with E-state index in [2.05, 4.69) is 10.3 Å². The quantitative estimate of drug-likeness (QED) is 0.145. The van der Waals surface area contributed by atoms with Gasteiger partial charge in [-0.1, -0.05) is 12.1 Å². The van der Waals surface area contributed by atoms with Crippen LogP contribution in [0.1, 0.15) is 9.75 Å². The topological polar surface area (TPSA) is 144 Å². The van der Waals surface area contributed by atoms with Gasteiger partial charge in [0.05, 0.1) is 20.0 Å². The van der Waals surface area contributed by atoms with Crippen molar-refractivity contribution >= 4 is 81.7 Å². The molecule has 2 aromatic rings. The van der Waals surface area contributed by atoms with Crippen LogP contribution in [-0.2, 0) is 51.0 Å². The third-order valence-electron chi connectivity index (χ3n) is 7.27. The van der Waals surface area contributed by atoms with Crippen LogP contribution in [0.4, 0.5) is 0 Å². The first kappa shape index (κ1) is 30.6. The maximum absolute atomic E-state index is 14.4. The molecule has 0 aliphatic carbocycles. The summed E-state index contributed by atoms with van der Waals surface area (Å²) < 4.78 is 16.4. The minimum absolute atomic E-state index is 0.0124. The van der Waals surface area contributed by atoms with Gasteiger partial charge < -0.3 is 19.5 Å². The molecular weight excluding hydrogens is 649 g/mol. The summed E-state index contributed by atoms with van der Waals surface area (Å²) in [5.41, 5.74) is -1.01. The van der Waals surface area contributed by atoms with Crippen LogP contribution >= 0.6 is 46.2 Å². The molecule has 3 unspecified atom stereocenters. The van der Waals surface area contributed by atoms with Crippen molar-refractivity contribution in [2.45, 2.75) is 29.3 Å². The minimum Gasteiger partial charge on any atom is -0.482 e. The molecule has 0 saturated carbocycles. The van der Waals surface area contributed by atoms with E-state index in [0.717, 1.165) is 9.75 Å². The smallest absolute Gasteiger partial charge is 0.355 e. The molecule has 4 amide bonds. The SMILES string of the molecule is COC(=NC(=O)Cc1cccs1)C1SCC2=C(C(=O)OC2)N1C(=O)C1=CCSC2N1C(=O)C2(NC(=O)Cc1cccs1)OC. The Morgan fingerprint density at radius 3 is 2.48 bits per heavy atom. The summed E-state index contributed by atoms with van der Waals surface area (Å²) in [6.07, 6.45) is 1.72. The molecule has 4 aliphatic heterocycles. The number of thioether (sulfide) groups is 2. The first-order valence-corrected chi connectivity index (χ1v) is 17.2. The molecule has 4 aliphatic rings. The first-order chi connectivity index (χ1) is 21.3. The third kappa shape index (κ3) is 5.38. The molecule has 0 spiro atoms. The van der Waals surface area contributed by atoms with Crippen molar-refractivity contribution in [2.75, 3.05) is 32.3 Å². The second-order valence-electron chi connectivity index (χ2n) is 9.87. The Morgan fingerprint density at radius 2 is 1.82 bits per heavy atom. The van der Waals surface area contributed by atoms with Gasteiger partial charge in [0, 0.05) is 33.9 Å². The van der Waals surface area contributed by atoms with Crippen LogP contribution < -0.4 is 5.32 Å². The Kier molecular flexibility index (Phi) is 8.70. The Labute approximate surface area is 268 Å². The lowest BCUT2D eigenvalue weighted by atomic mass is 9.98. The van der Waals surface area contributed by atoms with Gasteiger partial charge in [0.2, 0.25) is 11.8 Å². The molecule has 12 nitrogen and oxygen atoms in total. The molecule has 3 atom stereocenters. The molecule has 0 aromatic carbocycles. The van der Waals surface area contributed by atoms with Crippen LogP contribution in [0.3, 0.4) is 0 Å². The van der Waals surface area contributed by atoms with Crippen molar-refractivity contribution in [1.29, 1.82) is 0 Å². The van der Waals surface area contributed by atoms with E-state index >= 15 is 0 Å². The molecule has 6 heterocycles. The molecule has 1 saturated heterocycles. The van der Waals surface area contributed by atoms with E-state index in [4.69, 9.17) is 14.2 Å². The van der Waals surface area contributed by atoms with Crippen molar-refractivity contribution in [1.82, 2.24) is 15.1 Å². The van der Waals surface area contributed by atoms with Crippen LogP contribution in [0.15, 0.2) is 63.1 Å². The van der Waals surface area contributed by atoms with Gasteiger partial charge in [-0.05, 0) is 29.0 Å². The fraction of sp³-hybridized carbons (Fsp3) is 0.357. The Bertz CT molecular complexity index is 1600. The number of β-lactam (4-membered cyclic amide) rings is 1. The molecule has 1 fully saturated rings. The van der Waals surface area contributed by atoms with Gasteiger partial charge >= 0.3 is 5.97 Å². The number of nitrogens with zero attached hydrogens (tertiary/aromatic N) is 3. The average molecular weight is 675 g/mol. The van der Waals surface area contributed by atoms with E-state index < -0.39 is 46.1 Å². The maximum atomic E-state index is 14.4. The molecule has 16 heteroatoms. The number of ether oxygens (including phenoxy) is 3. The number of esters is 1. The van der Waals surface area contributed by atoms with Gasteiger partial charge in [0.1, 0.15) is 23.4 Å². The number of hydrogen-bond acceptors (Lipinski definition) is 12. The molecule has 44 heavy (non-hydrogen) atoms. The summed E-state index contributed by atoms with van der Waals surface area (Å²) in [5, 5.41) is 4.74. The van der Waals surface area contributed by atoms with Gasteiger partial charge in [0.25, 0.3) is 23.4 Å². The zero-order chi connectivity index (χ0) is 31.0. The lowest BCUT2D eigenvalue weighted by Crippen LogP contribution is -2.80. The number of amides is 4. The number of fused-ring (bicyclic) bond motifs is 1. The first-order valence-electron chi connectivity index (χ1n) is 13.3. The second kappa shape index (κ2) is 12.5. The number of hydrogen-bond donors (Lipinski definition) is 1. The van der Waals surface area contributed by atoms with Crippen LogP contribution in [0.5, 0.6) is 0 Å². The molecule has 0 radical (unpaired) electrons. The Morgan fingerprint density at radius 1 is 1.09 bits per heavy atom. The van der Waals surface area contributed by atoms with Crippen LogP contribution in [-0.4, -0.2) is 94.1 Å². The van der Waals surface area contributed by atoms with E-state index in [-0.39, 0.29) is 36.7 Å². The monoisotopic (exact) mass is 674 g/mol. The standard InChI is InChI=1S/C28H26N4O8S4/c1-38-22(29-19(33)11-16-5-3-8-41-16)24-32(21-15(14-44-24)13-40-25(21)36)23(35)18-7-10-43-27-28(39-2,26(37)31(18)27)30-20(34)12-17-6-4-9-42-17/h3-9,24,27H,10-14H2,1-2H3,(H,30,34). The molecule has 0 bridgehead atoms. The summed E-state index contributed by atoms with van der Waals surface area (Å²) in [5.74, 6) is -2.22. The highest BCUT2D eigenvalue weighted by Crippen LogP contribution is 2.46. The van der Waals surface area contributed by atoms with E-state index in [9.17, 15) is 24.0 Å². The fourth-order valence-corrected chi connectivity index (χ4v) is 9.15. The number of aliphatic imine (C=N–C) groups is 1. The van der Waals surface area contributed by atoms with Crippen molar-refractivity contribution in [3.8, 4) is 0 Å². The zero-order valence-electron chi connectivity index (χ0n) is 23.5. The molecule has 6 rings (SSSR count). The summed E-state index contributed by atoms with van der Waals surface area (Å²) in [6.45, 7) is 0.0255. The van der Waals surface area contributed by atoms with E-state index in [1.165, 1.54) is 70.2 Å². The van der Waals surface area contributed by atoms with E-state index in [0.29, 0.717) is 17.1 Å². The molecular formula is C28H26N4O8S4. The van der Waals surface area contributed by atoms with Gasteiger partial charge in [-0.3, -0.25) is 29.0 Å². The largest absolute Gasteiger partial charge is 0.482 e. The second-order valence-corrected chi connectivity index (χ2v) is 14.1. The Hall–Kier alpha value is -3.44. The van der Waals surface area contributed by atoms with Gasteiger partial charge in [-0.25, -0.2) is 4.79 Å². The van der Waals surface area contributed by atoms with Crippen molar-refractivity contribution in [2.24, 2.45) is 4.99 Å².